The summed E-state index contributed by atoms with van der Waals surface area (Å²) >= 11 is 0. The molecule has 2 aromatic rings. The number of carboxylic acid groups (broad SMARTS) is 1. The average molecular weight is 272 g/mol. The number of aromatic nitrogens is 1. The van der Waals surface area contributed by atoms with Crippen LogP contribution in [0.1, 0.15) is 21.8 Å². The molecule has 6 heteroatoms. The van der Waals surface area contributed by atoms with Gasteiger partial charge in [-0.1, -0.05) is 18.2 Å². The number of benzene rings is 1. The Hall–Kier alpha value is -2.63. The normalized spacial score (nSPS) is 17.1. The number of carboxylic acids is 1. The Morgan fingerprint density at radius 3 is 2.80 bits per heavy atom. The summed E-state index contributed by atoms with van der Waals surface area (Å²) < 4.78 is 5.09. The van der Waals surface area contributed by atoms with Gasteiger partial charge in [-0.3, -0.25) is 9.69 Å². The van der Waals surface area contributed by atoms with Crippen molar-refractivity contribution in [2.24, 2.45) is 0 Å². The second kappa shape index (κ2) is 4.48. The summed E-state index contributed by atoms with van der Waals surface area (Å²) in [4.78, 5) is 29.1. The third-order valence-electron chi connectivity index (χ3n) is 3.42. The number of carbonyl (C=O) groups excluding carboxylic acids is 1. The second-order valence-corrected chi connectivity index (χ2v) is 4.63. The molecule has 1 amide bonds. The fraction of sp³-hybridized carbons (Fsp3) is 0.214. The van der Waals surface area contributed by atoms with Crippen molar-refractivity contribution in [2.45, 2.75) is 19.4 Å². The van der Waals surface area contributed by atoms with Crippen LogP contribution in [-0.2, 0) is 11.2 Å². The highest BCUT2D eigenvalue weighted by molar-refractivity contribution is 6.09. The minimum Gasteiger partial charge on any atom is -0.480 e. The zero-order chi connectivity index (χ0) is 14.3. The Bertz CT molecular complexity index is 692. The first kappa shape index (κ1) is 12.4. The fourth-order valence-electron chi connectivity index (χ4n) is 2.45. The van der Waals surface area contributed by atoms with Crippen LogP contribution in [0.5, 0.6) is 0 Å². The van der Waals surface area contributed by atoms with Crippen molar-refractivity contribution in [3.8, 4) is 0 Å². The van der Waals surface area contributed by atoms with Crippen LogP contribution < -0.4 is 4.90 Å². The molecule has 1 aliphatic rings. The number of anilines is 1. The largest absolute Gasteiger partial charge is 0.480 e. The number of aliphatic carboxylic acids is 1. The lowest BCUT2D eigenvalue weighted by molar-refractivity contribution is -0.138. The van der Waals surface area contributed by atoms with Crippen LogP contribution in [0, 0.1) is 6.92 Å². The van der Waals surface area contributed by atoms with Crippen molar-refractivity contribution in [2.75, 3.05) is 4.90 Å². The van der Waals surface area contributed by atoms with Gasteiger partial charge in [0.2, 0.25) is 5.76 Å². The van der Waals surface area contributed by atoms with Gasteiger partial charge in [0.05, 0.1) is 5.69 Å². The molecule has 0 spiro atoms. The lowest BCUT2D eigenvalue weighted by Crippen LogP contribution is -2.43. The van der Waals surface area contributed by atoms with Crippen molar-refractivity contribution in [3.05, 3.63) is 47.7 Å². The predicted molar refractivity (Wildman–Crippen MR) is 69.6 cm³/mol. The molecule has 1 N–H and O–H groups in total. The SMILES string of the molecule is Cc1ncoc1C(=O)N1c2ccccc2CC1C(=O)O. The van der Waals surface area contributed by atoms with Gasteiger partial charge >= 0.3 is 5.97 Å². The lowest BCUT2D eigenvalue weighted by atomic mass is 10.1. The number of para-hydroxylation sites is 1. The molecular weight excluding hydrogens is 260 g/mol. The van der Waals surface area contributed by atoms with E-state index in [1.165, 1.54) is 11.3 Å². The van der Waals surface area contributed by atoms with Gasteiger partial charge in [0.15, 0.2) is 6.39 Å². The molecule has 0 aliphatic carbocycles. The number of rotatable bonds is 2. The number of fused-ring (bicyclic) bond motifs is 1. The van der Waals surface area contributed by atoms with Gasteiger partial charge < -0.3 is 9.52 Å². The van der Waals surface area contributed by atoms with Crippen LogP contribution in [0.4, 0.5) is 5.69 Å². The highest BCUT2D eigenvalue weighted by Gasteiger charge is 2.40. The number of oxazole rings is 1. The molecule has 0 saturated heterocycles. The van der Waals surface area contributed by atoms with Crippen molar-refractivity contribution in [3.63, 3.8) is 0 Å². The van der Waals surface area contributed by atoms with Crippen LogP contribution >= 0.6 is 0 Å². The molecule has 0 fully saturated rings. The first-order chi connectivity index (χ1) is 9.59. The van der Waals surface area contributed by atoms with E-state index in [-0.39, 0.29) is 5.76 Å². The third-order valence-corrected chi connectivity index (χ3v) is 3.42. The number of nitrogens with zero attached hydrogens (tertiary/aromatic N) is 2. The topological polar surface area (TPSA) is 83.6 Å². The number of hydrogen-bond acceptors (Lipinski definition) is 4. The highest BCUT2D eigenvalue weighted by Crippen LogP contribution is 2.33. The minimum atomic E-state index is -1.04. The molecular formula is C14H12N2O4. The summed E-state index contributed by atoms with van der Waals surface area (Å²) in [5.74, 6) is -1.43. The molecule has 1 aromatic carbocycles. The van der Waals surface area contributed by atoms with E-state index < -0.39 is 17.9 Å². The van der Waals surface area contributed by atoms with Crippen molar-refractivity contribution >= 4 is 17.6 Å². The van der Waals surface area contributed by atoms with Gasteiger partial charge in [-0.25, -0.2) is 9.78 Å². The first-order valence-electron chi connectivity index (χ1n) is 6.14. The first-order valence-corrected chi connectivity index (χ1v) is 6.14. The van der Waals surface area contributed by atoms with Crippen molar-refractivity contribution < 1.29 is 19.1 Å². The molecule has 102 valence electrons. The van der Waals surface area contributed by atoms with E-state index in [4.69, 9.17) is 4.42 Å². The fourth-order valence-corrected chi connectivity index (χ4v) is 2.45. The summed E-state index contributed by atoms with van der Waals surface area (Å²) in [6, 6.07) is 6.25. The third kappa shape index (κ3) is 1.77. The van der Waals surface area contributed by atoms with E-state index in [1.54, 1.807) is 19.1 Å². The number of hydrogen-bond donors (Lipinski definition) is 1. The monoisotopic (exact) mass is 272 g/mol. The molecule has 2 heterocycles. The van der Waals surface area contributed by atoms with E-state index in [0.717, 1.165) is 5.56 Å². The quantitative estimate of drug-likeness (QED) is 0.898. The molecule has 3 rings (SSSR count). The Morgan fingerprint density at radius 2 is 2.15 bits per heavy atom. The van der Waals surface area contributed by atoms with E-state index in [0.29, 0.717) is 17.8 Å². The van der Waals surface area contributed by atoms with Crippen molar-refractivity contribution in [1.82, 2.24) is 4.98 Å². The maximum absolute atomic E-state index is 12.5. The smallest absolute Gasteiger partial charge is 0.327 e. The molecule has 0 bridgehead atoms. The summed E-state index contributed by atoms with van der Waals surface area (Å²) in [5, 5.41) is 9.33. The van der Waals surface area contributed by atoms with E-state index in [1.807, 2.05) is 12.1 Å². The van der Waals surface area contributed by atoms with Crippen LogP contribution in [0.2, 0.25) is 0 Å². The maximum atomic E-state index is 12.5. The molecule has 20 heavy (non-hydrogen) atoms. The van der Waals surface area contributed by atoms with Crippen LogP contribution in [0.3, 0.4) is 0 Å². The summed E-state index contributed by atoms with van der Waals surface area (Å²) in [6.45, 7) is 1.65. The average Bonchev–Trinajstić information content (AvgIpc) is 3.01. The molecule has 1 atom stereocenters. The molecule has 1 aromatic heterocycles. The number of amides is 1. The van der Waals surface area contributed by atoms with E-state index in [9.17, 15) is 14.7 Å². The summed E-state index contributed by atoms with van der Waals surface area (Å²) in [5.41, 5.74) is 1.90. The van der Waals surface area contributed by atoms with Crippen LogP contribution in [0.15, 0.2) is 35.1 Å². The zero-order valence-electron chi connectivity index (χ0n) is 10.7. The van der Waals surface area contributed by atoms with Crippen LogP contribution in [-0.4, -0.2) is 28.0 Å². The van der Waals surface area contributed by atoms with Gasteiger partial charge in [-0.15, -0.1) is 0 Å². The van der Waals surface area contributed by atoms with Gasteiger partial charge in [0, 0.05) is 12.1 Å². The van der Waals surface area contributed by atoms with Crippen LogP contribution in [0.25, 0.3) is 0 Å². The maximum Gasteiger partial charge on any atom is 0.327 e. The Labute approximate surface area is 114 Å². The standard InChI is InChI=1S/C14H12N2O4/c1-8-12(20-7-15-8)13(17)16-10-5-3-2-4-9(10)6-11(16)14(18)19/h2-5,7,11H,6H2,1H3,(H,18,19). The second-order valence-electron chi connectivity index (χ2n) is 4.63. The highest BCUT2D eigenvalue weighted by atomic mass is 16.4. The molecule has 0 radical (unpaired) electrons. The van der Waals surface area contributed by atoms with Crippen molar-refractivity contribution in [1.29, 1.82) is 0 Å². The predicted octanol–water partition coefficient (Wildman–Crippen LogP) is 1.64. The van der Waals surface area contributed by atoms with E-state index >= 15 is 0 Å². The minimum absolute atomic E-state index is 0.0768. The Kier molecular flexibility index (Phi) is 2.78. The molecule has 6 nitrogen and oxygen atoms in total. The van der Waals surface area contributed by atoms with Gasteiger partial charge in [-0.2, -0.15) is 0 Å². The Balaban J connectivity index is 2.07. The molecule has 1 aliphatic heterocycles. The summed E-state index contributed by atoms with van der Waals surface area (Å²) in [7, 11) is 0. The molecule has 0 saturated carbocycles. The lowest BCUT2D eigenvalue weighted by Gasteiger charge is -2.21. The van der Waals surface area contributed by atoms with Gasteiger partial charge in [-0.05, 0) is 18.6 Å². The Morgan fingerprint density at radius 1 is 1.40 bits per heavy atom. The van der Waals surface area contributed by atoms with E-state index in [2.05, 4.69) is 4.98 Å². The number of carbonyl (C=O) groups is 2. The summed E-state index contributed by atoms with van der Waals surface area (Å²) in [6.07, 6.45) is 1.48. The zero-order valence-corrected chi connectivity index (χ0v) is 10.7. The molecule has 1 unspecified atom stereocenters. The van der Waals surface area contributed by atoms with Gasteiger partial charge in [0.1, 0.15) is 6.04 Å². The number of aryl methyl sites for hydroxylation is 1. The van der Waals surface area contributed by atoms with Gasteiger partial charge in [0.25, 0.3) is 5.91 Å².